The third-order valence-electron chi connectivity index (χ3n) is 3.70. The molecule has 8 heteroatoms. The van der Waals surface area contributed by atoms with Crippen molar-refractivity contribution in [3.8, 4) is 0 Å². The van der Waals surface area contributed by atoms with Gasteiger partial charge in [0.2, 0.25) is 11.0 Å². The van der Waals surface area contributed by atoms with Gasteiger partial charge >= 0.3 is 5.97 Å². The summed E-state index contributed by atoms with van der Waals surface area (Å²) in [6.07, 6.45) is 0.0924. The minimum atomic E-state index is -1.68. The zero-order chi connectivity index (χ0) is 17.4. The molecule has 1 heterocycles. The van der Waals surface area contributed by atoms with Crippen molar-refractivity contribution in [3.63, 3.8) is 0 Å². The van der Waals surface area contributed by atoms with Gasteiger partial charge in [0.1, 0.15) is 5.82 Å². The smallest absolute Gasteiger partial charge is 0.335 e. The Labute approximate surface area is 144 Å². The Morgan fingerprint density at radius 3 is 2.75 bits per heavy atom. The lowest BCUT2D eigenvalue weighted by molar-refractivity contribution is 0.0697. The number of carboxylic acid groups (broad SMARTS) is 1. The first-order chi connectivity index (χ1) is 11.4. The predicted molar refractivity (Wildman–Crippen MR) is 88.4 cm³/mol. The summed E-state index contributed by atoms with van der Waals surface area (Å²) in [6.45, 7) is 0. The minimum Gasteiger partial charge on any atom is -0.592 e. The van der Waals surface area contributed by atoms with Crippen molar-refractivity contribution in [2.45, 2.75) is 11.7 Å². The van der Waals surface area contributed by atoms with Gasteiger partial charge in [0.15, 0.2) is 0 Å². The van der Waals surface area contributed by atoms with Crippen LogP contribution in [0.15, 0.2) is 36.4 Å². The number of hydrogen-bond donors (Lipinski definition) is 2. The van der Waals surface area contributed by atoms with Crippen LogP contribution in [0.1, 0.15) is 26.3 Å². The Balaban J connectivity index is 1.92. The second-order valence-electron chi connectivity index (χ2n) is 5.27. The van der Waals surface area contributed by atoms with E-state index in [9.17, 15) is 18.5 Å². The van der Waals surface area contributed by atoms with Crippen LogP contribution in [0.2, 0.25) is 5.02 Å². The van der Waals surface area contributed by atoms with Crippen LogP contribution in [-0.2, 0) is 17.8 Å². The van der Waals surface area contributed by atoms with Gasteiger partial charge in [-0.15, -0.1) is 0 Å². The molecule has 2 N–H and O–H groups in total. The van der Waals surface area contributed by atoms with Crippen LogP contribution in [-0.4, -0.2) is 26.7 Å². The van der Waals surface area contributed by atoms with Crippen molar-refractivity contribution < 1.29 is 23.6 Å². The number of carbonyl (C=O) groups is 2. The van der Waals surface area contributed by atoms with Gasteiger partial charge in [0.25, 0.3) is 0 Å². The molecule has 0 amide bonds. The largest absolute Gasteiger partial charge is 0.592 e. The highest BCUT2D eigenvalue weighted by atomic mass is 35.5. The number of carboxylic acids is 1. The average Bonchev–Trinajstić information content (AvgIpc) is 2.54. The van der Waals surface area contributed by atoms with Crippen LogP contribution in [0, 0.1) is 5.82 Å². The van der Waals surface area contributed by atoms with Crippen LogP contribution < -0.4 is 4.72 Å². The number of Topliss-reactive ketones (excluding diaryl/α,β-unsaturated/α-hetero) is 1. The number of fused-ring (bicyclic) bond motifs is 1. The Morgan fingerprint density at radius 1 is 1.33 bits per heavy atom. The summed E-state index contributed by atoms with van der Waals surface area (Å²) in [6, 6.07) is 8.03. The average molecular weight is 368 g/mol. The number of aromatic carboxylic acids is 1. The SMILES string of the molecule is O=C(O)c1ccc2c(c1)C(=O)C(Cc1ccc(F)c(Cl)c1)[S+]([O-])N2. The van der Waals surface area contributed by atoms with Crippen molar-refractivity contribution in [2.24, 2.45) is 0 Å². The van der Waals surface area contributed by atoms with Gasteiger partial charge in [-0.05, 0) is 35.9 Å². The number of anilines is 1. The van der Waals surface area contributed by atoms with Gasteiger partial charge in [-0.2, -0.15) is 0 Å². The molecule has 2 aromatic rings. The minimum absolute atomic E-state index is 0.0276. The van der Waals surface area contributed by atoms with E-state index >= 15 is 0 Å². The van der Waals surface area contributed by atoms with E-state index in [0.29, 0.717) is 11.3 Å². The van der Waals surface area contributed by atoms with Gasteiger partial charge in [-0.1, -0.05) is 17.7 Å². The molecule has 0 aliphatic carbocycles. The van der Waals surface area contributed by atoms with Crippen LogP contribution in [0.4, 0.5) is 10.1 Å². The number of carbonyl (C=O) groups excluding carboxylic acids is 1. The van der Waals surface area contributed by atoms with Crippen molar-refractivity contribution in [1.82, 2.24) is 0 Å². The fourth-order valence-corrected chi connectivity index (χ4v) is 3.87. The second-order valence-corrected chi connectivity index (χ2v) is 7.05. The summed E-state index contributed by atoms with van der Waals surface area (Å²) in [4.78, 5) is 23.7. The molecule has 2 unspecified atom stereocenters. The lowest BCUT2D eigenvalue weighted by atomic mass is 9.99. The molecule has 5 nitrogen and oxygen atoms in total. The van der Waals surface area contributed by atoms with E-state index in [-0.39, 0.29) is 22.6 Å². The number of benzene rings is 2. The molecule has 0 saturated carbocycles. The fourth-order valence-electron chi connectivity index (χ4n) is 2.47. The molecule has 1 aliphatic heterocycles. The molecule has 0 fully saturated rings. The molecular formula is C16H11ClFNO4S. The zero-order valence-electron chi connectivity index (χ0n) is 12.1. The van der Waals surface area contributed by atoms with Crippen LogP contribution in [0.5, 0.6) is 0 Å². The maximum atomic E-state index is 13.2. The van der Waals surface area contributed by atoms with E-state index in [1.807, 2.05) is 0 Å². The number of ketones is 1. The summed E-state index contributed by atoms with van der Waals surface area (Å²) in [7, 11) is 0. The van der Waals surface area contributed by atoms with Gasteiger partial charge in [0.05, 0.1) is 33.2 Å². The lowest BCUT2D eigenvalue weighted by Gasteiger charge is -2.27. The summed E-state index contributed by atoms with van der Waals surface area (Å²) in [5.74, 6) is -2.16. The third-order valence-corrected chi connectivity index (χ3v) is 5.31. The summed E-state index contributed by atoms with van der Waals surface area (Å²) >= 11 is 4.04. The fraction of sp³-hybridized carbons (Fsp3) is 0.125. The predicted octanol–water partition coefficient (Wildman–Crippen LogP) is 3.06. The summed E-state index contributed by atoms with van der Waals surface area (Å²) in [5.41, 5.74) is 1.04. The van der Waals surface area contributed by atoms with Crippen LogP contribution >= 0.6 is 11.6 Å². The molecule has 2 atom stereocenters. The molecule has 124 valence electrons. The van der Waals surface area contributed by atoms with Crippen molar-refractivity contribution in [2.75, 3.05) is 4.72 Å². The Kier molecular flexibility index (Phi) is 4.49. The van der Waals surface area contributed by atoms with Crippen molar-refractivity contribution >= 4 is 40.4 Å². The molecule has 0 aromatic heterocycles. The van der Waals surface area contributed by atoms with Crippen LogP contribution in [0.3, 0.4) is 0 Å². The Morgan fingerprint density at radius 2 is 2.08 bits per heavy atom. The van der Waals surface area contributed by atoms with E-state index in [0.717, 1.165) is 0 Å². The summed E-state index contributed by atoms with van der Waals surface area (Å²) < 4.78 is 28.2. The topological polar surface area (TPSA) is 89.5 Å². The number of nitrogens with one attached hydrogen (secondary N) is 1. The van der Waals surface area contributed by atoms with E-state index < -0.39 is 34.2 Å². The highest BCUT2D eigenvalue weighted by Crippen LogP contribution is 2.30. The first kappa shape index (κ1) is 16.8. The molecule has 1 aliphatic rings. The molecule has 2 aromatic carbocycles. The van der Waals surface area contributed by atoms with Crippen LogP contribution in [0.25, 0.3) is 0 Å². The number of rotatable bonds is 3. The molecule has 0 saturated heterocycles. The Hall–Kier alpha value is -2.09. The molecular weight excluding hydrogens is 357 g/mol. The quantitative estimate of drug-likeness (QED) is 0.814. The normalized spacial score (nSPS) is 19.5. The standard InChI is InChI=1S/C16H11ClFNO4S/c17-11-5-8(1-3-12(11)18)6-14-15(20)10-7-9(16(21)22)2-4-13(10)19-24(14)23/h1-5,7,14,19H,6H2,(H,21,22). The van der Waals surface area contributed by atoms with Crippen molar-refractivity contribution in [3.05, 3.63) is 63.9 Å². The Bertz CT molecular complexity index is 845. The molecule has 0 radical (unpaired) electrons. The lowest BCUT2D eigenvalue weighted by Crippen LogP contribution is -2.41. The first-order valence-electron chi connectivity index (χ1n) is 6.89. The zero-order valence-corrected chi connectivity index (χ0v) is 13.7. The van der Waals surface area contributed by atoms with E-state index in [2.05, 4.69) is 4.72 Å². The van der Waals surface area contributed by atoms with Gasteiger partial charge in [-0.25, -0.2) is 13.9 Å². The number of halogens is 2. The van der Waals surface area contributed by atoms with Gasteiger partial charge in [-0.3, -0.25) is 4.79 Å². The number of hydrogen-bond acceptors (Lipinski definition) is 4. The highest BCUT2D eigenvalue weighted by molar-refractivity contribution is 7.94. The molecule has 0 bridgehead atoms. The van der Waals surface area contributed by atoms with E-state index in [4.69, 9.17) is 16.7 Å². The van der Waals surface area contributed by atoms with Gasteiger partial charge < -0.3 is 9.66 Å². The molecule has 24 heavy (non-hydrogen) atoms. The monoisotopic (exact) mass is 367 g/mol. The van der Waals surface area contributed by atoms with Gasteiger partial charge in [0, 0.05) is 6.42 Å². The third kappa shape index (κ3) is 3.10. The van der Waals surface area contributed by atoms with Crippen molar-refractivity contribution in [1.29, 1.82) is 0 Å². The highest BCUT2D eigenvalue weighted by Gasteiger charge is 2.39. The maximum absolute atomic E-state index is 13.2. The maximum Gasteiger partial charge on any atom is 0.335 e. The molecule has 3 rings (SSSR count). The summed E-state index contributed by atoms with van der Waals surface area (Å²) in [5, 5.41) is 8.05. The van der Waals surface area contributed by atoms with E-state index in [1.54, 1.807) is 0 Å². The first-order valence-corrected chi connectivity index (χ1v) is 8.48. The van der Waals surface area contributed by atoms with E-state index in [1.165, 1.54) is 36.4 Å². The second kappa shape index (κ2) is 6.43. The molecule has 0 spiro atoms.